The molecule has 3 amide bonds. The molecule has 2 saturated heterocycles. The molecular weight excluding hydrogens is 310 g/mol. The number of hydrogen-bond acceptors (Lipinski definition) is 3. The molecule has 2 unspecified atom stereocenters. The first kappa shape index (κ1) is 16.3. The van der Waals surface area contributed by atoms with Crippen LogP contribution in [0.5, 0.6) is 0 Å². The number of urea groups is 1. The number of hydrogen-bond donors (Lipinski definition) is 2. The molecule has 128 valence electrons. The van der Waals surface area contributed by atoms with Gasteiger partial charge < -0.3 is 20.2 Å². The van der Waals surface area contributed by atoms with Gasteiger partial charge in [-0.25, -0.2) is 4.79 Å². The topological polar surface area (TPSA) is 89.9 Å². The number of carboxylic acid groups (broad SMARTS) is 1. The average molecular weight is 331 g/mol. The summed E-state index contributed by atoms with van der Waals surface area (Å²) in [7, 11) is 0. The molecule has 2 aliphatic heterocycles. The summed E-state index contributed by atoms with van der Waals surface area (Å²) in [5.41, 5.74) is -0.0912. The van der Waals surface area contributed by atoms with Gasteiger partial charge in [-0.1, -0.05) is 18.2 Å². The van der Waals surface area contributed by atoms with Crippen molar-refractivity contribution in [3.05, 3.63) is 30.3 Å². The van der Waals surface area contributed by atoms with Crippen LogP contribution in [0.15, 0.2) is 30.3 Å². The fourth-order valence-corrected chi connectivity index (χ4v) is 3.23. The molecule has 3 rings (SSSR count). The Morgan fingerprint density at radius 1 is 1.25 bits per heavy atom. The Kier molecular flexibility index (Phi) is 4.17. The largest absolute Gasteiger partial charge is 0.481 e. The Morgan fingerprint density at radius 3 is 2.58 bits per heavy atom. The van der Waals surface area contributed by atoms with Crippen LogP contribution in [0.4, 0.5) is 10.5 Å². The molecule has 0 aromatic heterocycles. The molecule has 0 radical (unpaired) electrons. The Hall–Kier alpha value is -2.57. The summed E-state index contributed by atoms with van der Waals surface area (Å²) >= 11 is 0. The van der Waals surface area contributed by atoms with E-state index in [0.717, 1.165) is 5.69 Å². The Bertz CT molecular complexity index is 663. The molecule has 0 bridgehead atoms. The van der Waals surface area contributed by atoms with Gasteiger partial charge in [0, 0.05) is 25.3 Å². The highest BCUT2D eigenvalue weighted by Crippen LogP contribution is 2.30. The van der Waals surface area contributed by atoms with Crippen LogP contribution in [0, 0.1) is 5.41 Å². The summed E-state index contributed by atoms with van der Waals surface area (Å²) < 4.78 is 0. The maximum absolute atomic E-state index is 12.5. The number of carbonyl (C=O) groups is 3. The zero-order valence-electron chi connectivity index (χ0n) is 13.6. The van der Waals surface area contributed by atoms with Crippen molar-refractivity contribution in [1.29, 1.82) is 0 Å². The van der Waals surface area contributed by atoms with E-state index < -0.39 is 17.4 Å². The highest BCUT2D eigenvalue weighted by Gasteiger charge is 2.43. The molecule has 7 heteroatoms. The van der Waals surface area contributed by atoms with Crippen LogP contribution in [0.2, 0.25) is 0 Å². The highest BCUT2D eigenvalue weighted by molar-refractivity contribution is 6.01. The number of rotatable bonds is 3. The van der Waals surface area contributed by atoms with E-state index in [1.165, 1.54) is 4.90 Å². The van der Waals surface area contributed by atoms with Crippen LogP contribution >= 0.6 is 0 Å². The van der Waals surface area contributed by atoms with Crippen molar-refractivity contribution < 1.29 is 19.5 Å². The molecule has 7 nitrogen and oxygen atoms in total. The van der Waals surface area contributed by atoms with Gasteiger partial charge in [0.1, 0.15) is 6.04 Å². The second-order valence-electron chi connectivity index (χ2n) is 6.65. The van der Waals surface area contributed by atoms with Gasteiger partial charge in [-0.2, -0.15) is 0 Å². The third kappa shape index (κ3) is 2.93. The number of aliphatic carboxylic acids is 1. The second kappa shape index (κ2) is 6.14. The smallest absolute Gasteiger partial charge is 0.318 e. The van der Waals surface area contributed by atoms with E-state index in [2.05, 4.69) is 5.32 Å². The summed E-state index contributed by atoms with van der Waals surface area (Å²) in [5.74, 6) is -1.03. The summed E-state index contributed by atoms with van der Waals surface area (Å²) in [6.45, 7) is 2.75. The number of nitrogens with zero attached hydrogens (tertiary/aromatic N) is 2. The van der Waals surface area contributed by atoms with Gasteiger partial charge in [-0.15, -0.1) is 0 Å². The van der Waals surface area contributed by atoms with Crippen molar-refractivity contribution in [3.8, 4) is 0 Å². The first-order valence-electron chi connectivity index (χ1n) is 8.06. The number of amides is 3. The predicted molar refractivity (Wildman–Crippen MR) is 87.7 cm³/mol. The van der Waals surface area contributed by atoms with E-state index in [9.17, 15) is 19.5 Å². The fraction of sp³-hybridized carbons (Fsp3) is 0.471. The van der Waals surface area contributed by atoms with Gasteiger partial charge in [0.25, 0.3) is 0 Å². The van der Waals surface area contributed by atoms with Crippen LogP contribution in [0.25, 0.3) is 0 Å². The minimum atomic E-state index is -0.910. The lowest BCUT2D eigenvalue weighted by Gasteiger charge is -2.22. The maximum atomic E-state index is 12.5. The van der Waals surface area contributed by atoms with Crippen LogP contribution < -0.4 is 10.2 Å². The third-order valence-electron chi connectivity index (χ3n) is 4.85. The van der Waals surface area contributed by atoms with E-state index >= 15 is 0 Å². The van der Waals surface area contributed by atoms with Crippen LogP contribution in [0.1, 0.15) is 19.8 Å². The molecule has 1 aromatic carbocycles. The number of likely N-dealkylation sites (tertiary alicyclic amines) is 1. The Balaban J connectivity index is 1.60. The van der Waals surface area contributed by atoms with Crippen LogP contribution in [-0.2, 0) is 9.59 Å². The lowest BCUT2D eigenvalue weighted by Crippen LogP contribution is -2.48. The molecule has 24 heavy (non-hydrogen) atoms. The lowest BCUT2D eigenvalue weighted by atomic mass is 9.90. The molecule has 2 heterocycles. The SMILES string of the molecule is CC1(C(=O)O)CCN(C(=O)NC2CCN(c3ccccc3)C2=O)C1. The maximum Gasteiger partial charge on any atom is 0.318 e. The number of carboxylic acids is 1. The molecule has 2 fully saturated rings. The zero-order chi connectivity index (χ0) is 17.3. The second-order valence-corrected chi connectivity index (χ2v) is 6.65. The molecule has 2 aliphatic rings. The van der Waals surface area contributed by atoms with Gasteiger partial charge in [-0.05, 0) is 31.9 Å². The van der Waals surface area contributed by atoms with E-state index in [-0.39, 0.29) is 18.5 Å². The monoisotopic (exact) mass is 331 g/mol. The summed E-state index contributed by atoms with van der Waals surface area (Å²) in [6.07, 6.45) is 0.966. The van der Waals surface area contributed by atoms with Crippen molar-refractivity contribution in [2.45, 2.75) is 25.8 Å². The molecular formula is C17H21N3O4. The first-order chi connectivity index (χ1) is 11.4. The van der Waals surface area contributed by atoms with Crippen LogP contribution in [0.3, 0.4) is 0 Å². The van der Waals surface area contributed by atoms with Gasteiger partial charge in [0.2, 0.25) is 5.91 Å². The van der Waals surface area contributed by atoms with Crippen molar-refractivity contribution in [1.82, 2.24) is 10.2 Å². The standard InChI is InChI=1S/C17H21N3O4/c1-17(15(22)23)8-10-19(11-17)16(24)18-13-7-9-20(14(13)21)12-5-3-2-4-6-12/h2-6,13H,7-11H2,1H3,(H,18,24)(H,22,23). The minimum absolute atomic E-state index is 0.130. The summed E-state index contributed by atoms with van der Waals surface area (Å²) in [4.78, 5) is 39.3. The third-order valence-corrected chi connectivity index (χ3v) is 4.85. The van der Waals surface area contributed by atoms with Crippen LogP contribution in [-0.4, -0.2) is 53.6 Å². The van der Waals surface area contributed by atoms with E-state index in [0.29, 0.717) is 25.9 Å². The molecule has 1 aromatic rings. The first-order valence-corrected chi connectivity index (χ1v) is 8.06. The highest BCUT2D eigenvalue weighted by atomic mass is 16.4. The number of benzene rings is 1. The number of carbonyl (C=O) groups excluding carboxylic acids is 2. The van der Waals surface area contributed by atoms with E-state index in [1.807, 2.05) is 30.3 Å². The molecule has 0 aliphatic carbocycles. The predicted octanol–water partition coefficient (Wildman–Crippen LogP) is 1.30. The summed E-state index contributed by atoms with van der Waals surface area (Å²) in [6, 6.07) is 8.41. The van der Waals surface area contributed by atoms with Crippen molar-refractivity contribution in [2.24, 2.45) is 5.41 Å². The van der Waals surface area contributed by atoms with Gasteiger partial charge in [0.05, 0.1) is 5.41 Å². The normalized spacial score (nSPS) is 26.7. The fourth-order valence-electron chi connectivity index (χ4n) is 3.23. The number of nitrogens with one attached hydrogen (secondary N) is 1. The molecule has 0 saturated carbocycles. The Labute approximate surface area is 140 Å². The van der Waals surface area contributed by atoms with E-state index in [4.69, 9.17) is 0 Å². The molecule has 0 spiro atoms. The minimum Gasteiger partial charge on any atom is -0.481 e. The zero-order valence-corrected chi connectivity index (χ0v) is 13.6. The summed E-state index contributed by atoms with van der Waals surface area (Å²) in [5, 5.41) is 12.0. The van der Waals surface area contributed by atoms with Gasteiger partial charge in [-0.3, -0.25) is 9.59 Å². The number of anilines is 1. The lowest BCUT2D eigenvalue weighted by molar-refractivity contribution is -0.147. The van der Waals surface area contributed by atoms with Gasteiger partial charge >= 0.3 is 12.0 Å². The average Bonchev–Trinajstić information content (AvgIpc) is 3.14. The molecule has 2 N–H and O–H groups in total. The number of para-hydroxylation sites is 1. The van der Waals surface area contributed by atoms with Crippen molar-refractivity contribution in [2.75, 3.05) is 24.5 Å². The Morgan fingerprint density at radius 2 is 1.96 bits per heavy atom. The van der Waals surface area contributed by atoms with E-state index in [1.54, 1.807) is 11.8 Å². The van der Waals surface area contributed by atoms with Crippen molar-refractivity contribution >= 4 is 23.6 Å². The van der Waals surface area contributed by atoms with Gasteiger partial charge in [0.15, 0.2) is 0 Å². The molecule has 2 atom stereocenters. The van der Waals surface area contributed by atoms with Crippen molar-refractivity contribution in [3.63, 3.8) is 0 Å². The quantitative estimate of drug-likeness (QED) is 0.873.